The normalized spacial score (nSPS) is 27.8. The first-order valence-corrected chi connectivity index (χ1v) is 11.9. The van der Waals surface area contributed by atoms with Gasteiger partial charge in [-0.15, -0.1) is 0 Å². The molecule has 1 aliphatic carbocycles. The lowest BCUT2D eigenvalue weighted by Crippen LogP contribution is -2.62. The van der Waals surface area contributed by atoms with Gasteiger partial charge < -0.3 is 19.9 Å². The van der Waals surface area contributed by atoms with Crippen LogP contribution < -0.4 is 10.1 Å². The lowest BCUT2D eigenvalue weighted by molar-refractivity contribution is -0.143. The zero-order valence-electron chi connectivity index (χ0n) is 19.0. The summed E-state index contributed by atoms with van der Waals surface area (Å²) in [6, 6.07) is 4.81. The molecule has 1 aromatic rings. The molecule has 34 heavy (non-hydrogen) atoms. The van der Waals surface area contributed by atoms with E-state index in [2.05, 4.69) is 10.2 Å². The smallest absolute Gasteiger partial charge is 0.416 e. The van der Waals surface area contributed by atoms with Crippen molar-refractivity contribution in [2.75, 3.05) is 26.3 Å². The van der Waals surface area contributed by atoms with Crippen LogP contribution in [0.4, 0.5) is 13.2 Å². The number of nitrogens with one attached hydrogen (secondary N) is 1. The summed E-state index contributed by atoms with van der Waals surface area (Å²) in [5.41, 5.74) is -1.51. The largest absolute Gasteiger partial charge is 0.489 e. The van der Waals surface area contributed by atoms with E-state index in [-0.39, 0.29) is 29.7 Å². The van der Waals surface area contributed by atoms with E-state index >= 15 is 0 Å². The molecule has 0 bridgehead atoms. The third-order valence-corrected chi connectivity index (χ3v) is 7.37. The zero-order chi connectivity index (χ0) is 24.3. The van der Waals surface area contributed by atoms with Crippen molar-refractivity contribution in [3.63, 3.8) is 0 Å². The van der Waals surface area contributed by atoms with Gasteiger partial charge in [0.1, 0.15) is 17.4 Å². The highest BCUT2D eigenvalue weighted by atomic mass is 19.4. The molecule has 1 aromatic carbocycles. The molecule has 3 fully saturated rings. The number of hydrogen-bond donors (Lipinski definition) is 2. The molecule has 1 amide bonds. The SMILES string of the molecule is O=C(O)C1CCC(NC(=O)C2(N3CC[C@@H](Oc4cccc(C(F)(F)F)c4)C3)CCOCC2)CC1. The number of alkyl halides is 3. The molecule has 0 aromatic heterocycles. The van der Waals surface area contributed by atoms with Crippen LogP contribution in [0.5, 0.6) is 5.75 Å². The summed E-state index contributed by atoms with van der Waals surface area (Å²) >= 11 is 0. The number of amides is 1. The summed E-state index contributed by atoms with van der Waals surface area (Å²) in [7, 11) is 0. The number of carboxylic acids is 1. The Labute approximate surface area is 196 Å². The quantitative estimate of drug-likeness (QED) is 0.643. The number of halogens is 3. The lowest BCUT2D eigenvalue weighted by atomic mass is 9.83. The van der Waals surface area contributed by atoms with Crippen molar-refractivity contribution in [3.8, 4) is 5.75 Å². The molecule has 0 radical (unpaired) electrons. The van der Waals surface area contributed by atoms with Crippen LogP contribution in [0.2, 0.25) is 0 Å². The number of hydrogen-bond acceptors (Lipinski definition) is 5. The van der Waals surface area contributed by atoms with E-state index in [0.717, 1.165) is 12.1 Å². The minimum atomic E-state index is -4.44. The number of carboxylic acid groups (broad SMARTS) is 1. The Morgan fingerprint density at radius 3 is 2.47 bits per heavy atom. The summed E-state index contributed by atoms with van der Waals surface area (Å²) in [6.45, 7) is 1.95. The maximum Gasteiger partial charge on any atom is 0.416 e. The van der Waals surface area contributed by atoms with Crippen molar-refractivity contribution in [2.45, 2.75) is 68.8 Å². The van der Waals surface area contributed by atoms with Crippen molar-refractivity contribution >= 4 is 11.9 Å². The molecule has 0 unspecified atom stereocenters. The van der Waals surface area contributed by atoms with E-state index < -0.39 is 23.2 Å². The van der Waals surface area contributed by atoms with Crippen molar-refractivity contribution < 1.29 is 37.3 Å². The van der Waals surface area contributed by atoms with E-state index in [4.69, 9.17) is 9.47 Å². The van der Waals surface area contributed by atoms with Crippen LogP contribution in [-0.2, 0) is 20.5 Å². The maximum absolute atomic E-state index is 13.5. The van der Waals surface area contributed by atoms with Gasteiger partial charge in [0.2, 0.25) is 5.91 Å². The summed E-state index contributed by atoms with van der Waals surface area (Å²) in [6.07, 6.45) is -0.723. The lowest BCUT2D eigenvalue weighted by Gasteiger charge is -2.44. The van der Waals surface area contributed by atoms with Gasteiger partial charge in [-0.25, -0.2) is 0 Å². The highest BCUT2D eigenvalue weighted by Gasteiger charge is 2.48. The van der Waals surface area contributed by atoms with Crippen molar-refractivity contribution in [3.05, 3.63) is 29.8 Å². The van der Waals surface area contributed by atoms with E-state index in [1.165, 1.54) is 12.1 Å². The number of ether oxygens (including phenoxy) is 2. The Bertz CT molecular complexity index is 880. The third kappa shape index (κ3) is 5.49. The fourth-order valence-electron chi connectivity index (χ4n) is 5.35. The average Bonchev–Trinajstić information content (AvgIpc) is 3.28. The first-order valence-electron chi connectivity index (χ1n) is 11.9. The Kier molecular flexibility index (Phi) is 7.37. The van der Waals surface area contributed by atoms with Gasteiger partial charge in [-0.1, -0.05) is 6.07 Å². The predicted octanol–water partition coefficient (Wildman–Crippen LogP) is 3.47. The number of benzene rings is 1. The van der Waals surface area contributed by atoms with Gasteiger partial charge in [0.05, 0.1) is 11.5 Å². The Morgan fingerprint density at radius 2 is 1.82 bits per heavy atom. The highest BCUT2D eigenvalue weighted by Crippen LogP contribution is 2.35. The van der Waals surface area contributed by atoms with Crippen LogP contribution in [0.3, 0.4) is 0 Å². The molecular weight excluding hydrogens is 453 g/mol. The van der Waals surface area contributed by atoms with Gasteiger partial charge in [0, 0.05) is 32.3 Å². The van der Waals surface area contributed by atoms with Gasteiger partial charge in [0.25, 0.3) is 0 Å². The van der Waals surface area contributed by atoms with E-state index in [1.54, 1.807) is 0 Å². The number of carbonyl (C=O) groups excluding carboxylic acids is 1. The molecule has 2 N–H and O–H groups in total. The predicted molar refractivity (Wildman–Crippen MR) is 116 cm³/mol. The topological polar surface area (TPSA) is 88.1 Å². The zero-order valence-corrected chi connectivity index (χ0v) is 19.0. The molecule has 188 valence electrons. The summed E-state index contributed by atoms with van der Waals surface area (Å²) in [5, 5.41) is 12.4. The average molecular weight is 485 g/mol. The number of nitrogens with zero attached hydrogens (tertiary/aromatic N) is 1. The molecule has 2 heterocycles. The molecule has 0 spiro atoms. The van der Waals surface area contributed by atoms with Gasteiger partial charge in [-0.2, -0.15) is 13.2 Å². The molecule has 3 aliphatic rings. The second-order valence-electron chi connectivity index (χ2n) is 9.50. The van der Waals surface area contributed by atoms with Gasteiger partial charge in [0.15, 0.2) is 0 Å². The van der Waals surface area contributed by atoms with Crippen LogP contribution in [0.1, 0.15) is 50.5 Å². The van der Waals surface area contributed by atoms with Crippen LogP contribution in [-0.4, -0.2) is 65.9 Å². The van der Waals surface area contributed by atoms with Gasteiger partial charge >= 0.3 is 12.1 Å². The van der Waals surface area contributed by atoms with E-state index in [9.17, 15) is 27.9 Å². The van der Waals surface area contributed by atoms with Gasteiger partial charge in [-0.05, 0) is 63.1 Å². The third-order valence-electron chi connectivity index (χ3n) is 7.37. The number of likely N-dealkylation sites (tertiary alicyclic amines) is 1. The van der Waals surface area contributed by atoms with Crippen molar-refractivity contribution in [1.82, 2.24) is 10.2 Å². The van der Waals surface area contributed by atoms with Crippen LogP contribution in [0.15, 0.2) is 24.3 Å². The fourth-order valence-corrected chi connectivity index (χ4v) is 5.35. The molecular formula is C24H31F3N2O5. The number of rotatable bonds is 6. The second-order valence-corrected chi connectivity index (χ2v) is 9.50. The minimum Gasteiger partial charge on any atom is -0.489 e. The van der Waals surface area contributed by atoms with E-state index in [1.807, 2.05) is 0 Å². The number of aliphatic carboxylic acids is 1. The second kappa shape index (κ2) is 10.1. The van der Waals surface area contributed by atoms with Gasteiger partial charge in [-0.3, -0.25) is 14.5 Å². The first kappa shape index (κ1) is 24.8. The standard InChI is InChI=1S/C24H31F3N2O5/c25-24(26,27)17-2-1-3-19(14-17)34-20-8-11-29(15-20)23(9-12-33-13-10-23)22(32)28-18-6-4-16(5-7-18)21(30)31/h1-3,14,16,18,20H,4-13,15H2,(H,28,32)(H,30,31)/t16?,18?,20-/m1/s1. The Balaban J connectivity index is 1.40. The Morgan fingerprint density at radius 1 is 1.12 bits per heavy atom. The molecule has 1 atom stereocenters. The Hall–Kier alpha value is -2.33. The first-order chi connectivity index (χ1) is 16.2. The summed E-state index contributed by atoms with van der Waals surface area (Å²) in [5.74, 6) is -1.04. The van der Waals surface area contributed by atoms with E-state index in [0.29, 0.717) is 71.2 Å². The molecule has 7 nitrogen and oxygen atoms in total. The monoisotopic (exact) mass is 484 g/mol. The molecule has 2 aliphatic heterocycles. The molecule has 4 rings (SSSR count). The maximum atomic E-state index is 13.5. The summed E-state index contributed by atoms with van der Waals surface area (Å²) < 4.78 is 50.5. The minimum absolute atomic E-state index is 0.0532. The van der Waals surface area contributed by atoms with Crippen LogP contribution >= 0.6 is 0 Å². The number of carbonyl (C=O) groups is 2. The highest BCUT2D eigenvalue weighted by molar-refractivity contribution is 5.87. The molecule has 2 saturated heterocycles. The molecule has 1 saturated carbocycles. The molecule has 10 heteroatoms. The van der Waals surface area contributed by atoms with Crippen molar-refractivity contribution in [1.29, 1.82) is 0 Å². The summed E-state index contributed by atoms with van der Waals surface area (Å²) in [4.78, 5) is 26.8. The van der Waals surface area contributed by atoms with Crippen molar-refractivity contribution in [2.24, 2.45) is 5.92 Å². The van der Waals surface area contributed by atoms with Crippen LogP contribution in [0.25, 0.3) is 0 Å². The van der Waals surface area contributed by atoms with Crippen LogP contribution in [0, 0.1) is 5.92 Å². The fraction of sp³-hybridized carbons (Fsp3) is 0.667.